The Morgan fingerprint density at radius 3 is 1.89 bits per heavy atom. The third-order valence-corrected chi connectivity index (χ3v) is 3.13. The fourth-order valence-corrected chi connectivity index (χ4v) is 1.97. The number of hydrogen-bond acceptors (Lipinski definition) is 3. The molecule has 0 aromatic rings. The van der Waals surface area contributed by atoms with E-state index >= 15 is 0 Å². The predicted octanol–water partition coefficient (Wildman–Crippen LogP) is 1.78. The number of carboxylic acid groups (broad SMARTS) is 3. The van der Waals surface area contributed by atoms with Crippen molar-refractivity contribution in [3.63, 3.8) is 0 Å². The molecule has 0 saturated carbocycles. The zero-order chi connectivity index (χ0) is 15.1. The van der Waals surface area contributed by atoms with Crippen LogP contribution in [-0.4, -0.2) is 33.2 Å². The van der Waals surface area contributed by atoms with Gasteiger partial charge in [0.05, 0.1) is 5.41 Å². The molecule has 2 unspecified atom stereocenters. The molecular weight excluding hydrogens is 252 g/mol. The van der Waals surface area contributed by atoms with Crippen molar-refractivity contribution in [2.24, 2.45) is 11.3 Å². The van der Waals surface area contributed by atoms with Gasteiger partial charge in [0.25, 0.3) is 0 Å². The summed E-state index contributed by atoms with van der Waals surface area (Å²) < 4.78 is 0. The Labute approximate surface area is 111 Å². The molecule has 0 aromatic heterocycles. The zero-order valence-electron chi connectivity index (χ0n) is 10.5. The van der Waals surface area contributed by atoms with Crippen molar-refractivity contribution in [1.29, 1.82) is 0 Å². The molecule has 6 heteroatoms. The summed E-state index contributed by atoms with van der Waals surface area (Å²) in [4.78, 5) is 32.6. The van der Waals surface area contributed by atoms with Gasteiger partial charge in [0.2, 0.25) is 0 Å². The second-order valence-electron chi connectivity index (χ2n) is 4.22. The van der Waals surface area contributed by atoms with Crippen LogP contribution in [0.2, 0.25) is 0 Å². The average Bonchev–Trinajstić information content (AvgIpc) is 2.32. The molecule has 0 bridgehead atoms. The SMILES string of the molecule is C=CC(CCC(=O)O)C(C=C)(CCC(=O)O)C(=O)O. The number of rotatable bonds is 10. The number of carbonyl (C=O) groups is 3. The first-order valence-electron chi connectivity index (χ1n) is 5.73. The summed E-state index contributed by atoms with van der Waals surface area (Å²) in [6, 6.07) is 0. The highest BCUT2D eigenvalue weighted by atomic mass is 16.4. The number of carboxylic acids is 3. The Balaban J connectivity index is 5.21. The Morgan fingerprint density at radius 1 is 1.05 bits per heavy atom. The van der Waals surface area contributed by atoms with Crippen molar-refractivity contribution in [2.75, 3.05) is 0 Å². The van der Waals surface area contributed by atoms with Crippen LogP contribution in [0, 0.1) is 11.3 Å². The first-order valence-corrected chi connectivity index (χ1v) is 5.73. The third kappa shape index (κ3) is 4.57. The Morgan fingerprint density at radius 2 is 1.58 bits per heavy atom. The topological polar surface area (TPSA) is 112 Å². The van der Waals surface area contributed by atoms with Crippen LogP contribution in [0.3, 0.4) is 0 Å². The van der Waals surface area contributed by atoms with Crippen molar-refractivity contribution >= 4 is 17.9 Å². The second kappa shape index (κ2) is 7.35. The first kappa shape index (κ1) is 16.9. The summed E-state index contributed by atoms with van der Waals surface area (Å²) in [6.07, 6.45) is 1.88. The lowest BCUT2D eigenvalue weighted by Crippen LogP contribution is -2.37. The van der Waals surface area contributed by atoms with Gasteiger partial charge in [0.15, 0.2) is 0 Å². The number of hydrogen-bond donors (Lipinski definition) is 3. The first-order chi connectivity index (χ1) is 8.80. The number of allylic oxidation sites excluding steroid dienone is 1. The van der Waals surface area contributed by atoms with E-state index < -0.39 is 29.2 Å². The van der Waals surface area contributed by atoms with Gasteiger partial charge in [0.1, 0.15) is 0 Å². The molecule has 2 atom stereocenters. The van der Waals surface area contributed by atoms with Gasteiger partial charge in [-0.1, -0.05) is 12.2 Å². The van der Waals surface area contributed by atoms with Crippen molar-refractivity contribution in [3.05, 3.63) is 25.3 Å². The van der Waals surface area contributed by atoms with E-state index in [4.69, 9.17) is 10.2 Å². The van der Waals surface area contributed by atoms with E-state index in [0.717, 1.165) is 0 Å². The summed E-state index contributed by atoms with van der Waals surface area (Å²) in [7, 11) is 0. The Bertz CT molecular complexity index is 387. The smallest absolute Gasteiger partial charge is 0.314 e. The minimum Gasteiger partial charge on any atom is -0.481 e. The van der Waals surface area contributed by atoms with Crippen LogP contribution in [0.4, 0.5) is 0 Å². The lowest BCUT2D eigenvalue weighted by molar-refractivity contribution is -0.150. The van der Waals surface area contributed by atoms with E-state index in [0.29, 0.717) is 0 Å². The van der Waals surface area contributed by atoms with Crippen molar-refractivity contribution in [2.45, 2.75) is 25.7 Å². The van der Waals surface area contributed by atoms with Crippen LogP contribution >= 0.6 is 0 Å². The fourth-order valence-electron chi connectivity index (χ4n) is 1.97. The highest BCUT2D eigenvalue weighted by Crippen LogP contribution is 2.38. The van der Waals surface area contributed by atoms with E-state index in [1.54, 1.807) is 0 Å². The van der Waals surface area contributed by atoms with E-state index in [1.165, 1.54) is 12.2 Å². The largest absolute Gasteiger partial charge is 0.481 e. The Hall–Kier alpha value is -2.11. The van der Waals surface area contributed by atoms with Crippen LogP contribution in [0.5, 0.6) is 0 Å². The van der Waals surface area contributed by atoms with Gasteiger partial charge >= 0.3 is 17.9 Å². The summed E-state index contributed by atoms with van der Waals surface area (Å²) in [5.41, 5.74) is -1.50. The second-order valence-corrected chi connectivity index (χ2v) is 4.22. The molecule has 3 N–H and O–H groups in total. The van der Waals surface area contributed by atoms with Gasteiger partial charge in [-0.25, -0.2) is 0 Å². The lowest BCUT2D eigenvalue weighted by atomic mass is 9.70. The van der Waals surface area contributed by atoms with Crippen LogP contribution in [0.15, 0.2) is 25.3 Å². The molecule has 0 aliphatic carbocycles. The summed E-state index contributed by atoms with van der Waals surface area (Å²) in [6.45, 7) is 6.97. The maximum atomic E-state index is 11.5. The summed E-state index contributed by atoms with van der Waals surface area (Å²) in [5.74, 6) is -4.07. The highest BCUT2D eigenvalue weighted by molar-refractivity contribution is 5.79. The lowest BCUT2D eigenvalue weighted by Gasteiger charge is -2.32. The van der Waals surface area contributed by atoms with Crippen molar-refractivity contribution in [3.8, 4) is 0 Å². The molecule has 0 spiro atoms. The predicted molar refractivity (Wildman–Crippen MR) is 67.7 cm³/mol. The molecule has 19 heavy (non-hydrogen) atoms. The monoisotopic (exact) mass is 270 g/mol. The maximum Gasteiger partial charge on any atom is 0.314 e. The van der Waals surface area contributed by atoms with Crippen LogP contribution in [0.1, 0.15) is 25.7 Å². The third-order valence-electron chi connectivity index (χ3n) is 3.13. The standard InChI is InChI=1S/C13H18O6/c1-3-9(5-6-10(14)15)13(4-2,12(18)19)8-7-11(16)17/h3-4,9H,1-2,5-8H2,(H,14,15)(H,16,17)(H,18,19). The minimum atomic E-state index is -1.50. The molecular formula is C13H18O6. The normalized spacial score (nSPS) is 14.9. The van der Waals surface area contributed by atoms with Crippen molar-refractivity contribution < 1.29 is 29.7 Å². The quantitative estimate of drug-likeness (QED) is 0.521. The van der Waals surface area contributed by atoms with Gasteiger partial charge in [-0.2, -0.15) is 0 Å². The van der Waals surface area contributed by atoms with Gasteiger partial charge in [-0.3, -0.25) is 14.4 Å². The molecule has 0 aliphatic rings. The molecule has 0 aliphatic heterocycles. The van der Waals surface area contributed by atoms with Gasteiger partial charge in [0, 0.05) is 12.8 Å². The summed E-state index contributed by atoms with van der Waals surface area (Å²) in [5, 5.41) is 26.7. The highest BCUT2D eigenvalue weighted by Gasteiger charge is 2.42. The molecule has 0 saturated heterocycles. The average molecular weight is 270 g/mol. The van der Waals surface area contributed by atoms with Crippen LogP contribution in [0.25, 0.3) is 0 Å². The van der Waals surface area contributed by atoms with Gasteiger partial charge in [-0.05, 0) is 18.8 Å². The van der Waals surface area contributed by atoms with Crippen molar-refractivity contribution in [1.82, 2.24) is 0 Å². The van der Waals surface area contributed by atoms with Gasteiger partial charge < -0.3 is 15.3 Å². The van der Waals surface area contributed by atoms with Crippen LogP contribution in [-0.2, 0) is 14.4 Å². The van der Waals surface area contributed by atoms with Gasteiger partial charge in [-0.15, -0.1) is 13.2 Å². The Kier molecular flexibility index (Phi) is 6.54. The molecule has 0 heterocycles. The molecule has 0 aromatic carbocycles. The molecule has 6 nitrogen and oxygen atoms in total. The molecule has 0 amide bonds. The molecule has 0 rings (SSSR count). The van der Waals surface area contributed by atoms with E-state index in [-0.39, 0.29) is 25.7 Å². The summed E-state index contributed by atoms with van der Waals surface area (Å²) >= 11 is 0. The molecule has 0 radical (unpaired) electrons. The molecule has 106 valence electrons. The maximum absolute atomic E-state index is 11.5. The van der Waals surface area contributed by atoms with E-state index in [9.17, 15) is 19.5 Å². The van der Waals surface area contributed by atoms with Crippen LogP contribution < -0.4 is 0 Å². The van der Waals surface area contributed by atoms with E-state index in [1.807, 2.05) is 0 Å². The number of aliphatic carboxylic acids is 3. The molecule has 0 fully saturated rings. The van der Waals surface area contributed by atoms with E-state index in [2.05, 4.69) is 13.2 Å². The fraction of sp³-hybridized carbons (Fsp3) is 0.462. The minimum absolute atomic E-state index is 0.0662. The zero-order valence-corrected chi connectivity index (χ0v) is 10.5.